The Morgan fingerprint density at radius 1 is 0.949 bits per heavy atom. The summed E-state index contributed by atoms with van der Waals surface area (Å²) in [4.78, 5) is 38.6. The number of anilines is 1. The Morgan fingerprint density at radius 3 is 2.21 bits per heavy atom. The van der Waals surface area contributed by atoms with Crippen LogP contribution in [0.3, 0.4) is 0 Å². The second-order valence-electron chi connectivity index (χ2n) is 8.62. The number of aromatic nitrogens is 1. The number of pyridine rings is 1. The highest BCUT2D eigenvalue weighted by atomic mass is 35.5. The number of hydrogen-bond donors (Lipinski definition) is 3. The van der Waals surface area contributed by atoms with E-state index in [2.05, 4.69) is 5.32 Å². The SMILES string of the molecule is O=C(Nc1cc(-c2cccc(O)c2)cn(C(Cc2ccc(Cl)cc2)C(=O)O)c1=O)c1ccc(C(F)(F)F)cc1. The van der Waals surface area contributed by atoms with Gasteiger partial charge in [0.15, 0.2) is 0 Å². The Kier molecular flexibility index (Phi) is 7.78. The number of phenolic OH excluding ortho intramolecular Hbond substituents is 1. The standard InChI is InChI=1S/C28H20ClF3N2O5/c29-21-10-4-16(5-11-21)12-24(27(38)39)34-15-19(18-2-1-3-22(35)13-18)14-23(26(34)37)33-25(36)17-6-8-20(9-7-17)28(30,31)32/h1-11,13-15,24,35H,12H2,(H,33,36)(H,38,39). The summed E-state index contributed by atoms with van der Waals surface area (Å²) in [6, 6.07) is 15.7. The molecule has 0 spiro atoms. The predicted octanol–water partition coefficient (Wildman–Crippen LogP) is 6.01. The lowest BCUT2D eigenvalue weighted by atomic mass is 10.0. The molecule has 3 aromatic carbocycles. The van der Waals surface area contributed by atoms with Gasteiger partial charge in [-0.1, -0.05) is 35.9 Å². The van der Waals surface area contributed by atoms with Gasteiger partial charge >= 0.3 is 12.1 Å². The Hall–Kier alpha value is -4.57. The summed E-state index contributed by atoms with van der Waals surface area (Å²) in [6.45, 7) is 0. The number of amides is 1. The van der Waals surface area contributed by atoms with E-state index in [1.165, 1.54) is 24.4 Å². The molecule has 1 atom stereocenters. The number of carboxylic acid groups (broad SMARTS) is 1. The average molecular weight is 557 g/mol. The normalized spacial score (nSPS) is 12.1. The molecular weight excluding hydrogens is 537 g/mol. The minimum atomic E-state index is -4.59. The number of phenols is 1. The maximum absolute atomic E-state index is 13.4. The van der Waals surface area contributed by atoms with Crippen molar-refractivity contribution in [3.8, 4) is 16.9 Å². The molecule has 4 rings (SSSR count). The number of alkyl halides is 3. The van der Waals surface area contributed by atoms with Crippen molar-refractivity contribution in [2.75, 3.05) is 5.32 Å². The van der Waals surface area contributed by atoms with E-state index in [-0.39, 0.29) is 23.4 Å². The third-order valence-corrected chi connectivity index (χ3v) is 6.16. The first-order chi connectivity index (χ1) is 18.4. The molecule has 39 heavy (non-hydrogen) atoms. The molecule has 3 N–H and O–H groups in total. The summed E-state index contributed by atoms with van der Waals surface area (Å²) >= 11 is 5.92. The predicted molar refractivity (Wildman–Crippen MR) is 139 cm³/mol. The van der Waals surface area contributed by atoms with E-state index in [1.807, 2.05) is 0 Å². The minimum Gasteiger partial charge on any atom is -0.508 e. The van der Waals surface area contributed by atoms with Gasteiger partial charge < -0.3 is 15.5 Å². The minimum absolute atomic E-state index is 0.0865. The molecular formula is C28H20ClF3N2O5. The fraction of sp³-hybridized carbons (Fsp3) is 0.107. The Morgan fingerprint density at radius 2 is 1.62 bits per heavy atom. The topological polar surface area (TPSA) is 109 Å². The number of aromatic hydroxyl groups is 1. The summed E-state index contributed by atoms with van der Waals surface area (Å²) in [5, 5.41) is 22.8. The van der Waals surface area contributed by atoms with E-state index in [0.29, 0.717) is 21.7 Å². The van der Waals surface area contributed by atoms with Crippen LogP contribution in [0.5, 0.6) is 5.75 Å². The first-order valence-corrected chi connectivity index (χ1v) is 11.8. The van der Waals surface area contributed by atoms with Crippen LogP contribution in [-0.4, -0.2) is 26.7 Å². The van der Waals surface area contributed by atoms with Gasteiger partial charge in [-0.2, -0.15) is 13.2 Å². The highest BCUT2D eigenvalue weighted by molar-refractivity contribution is 6.30. The highest BCUT2D eigenvalue weighted by Crippen LogP contribution is 2.30. The van der Waals surface area contributed by atoms with Crippen LogP contribution >= 0.6 is 11.6 Å². The van der Waals surface area contributed by atoms with Crippen molar-refractivity contribution < 1.29 is 33.0 Å². The van der Waals surface area contributed by atoms with Crippen molar-refractivity contribution >= 4 is 29.2 Å². The number of carboxylic acids is 1. The van der Waals surface area contributed by atoms with E-state index in [9.17, 15) is 37.8 Å². The molecule has 0 aliphatic carbocycles. The van der Waals surface area contributed by atoms with Crippen LogP contribution in [0.2, 0.25) is 5.02 Å². The zero-order valence-electron chi connectivity index (χ0n) is 19.9. The smallest absolute Gasteiger partial charge is 0.416 e. The van der Waals surface area contributed by atoms with Gasteiger partial charge in [0.1, 0.15) is 17.5 Å². The lowest BCUT2D eigenvalue weighted by Crippen LogP contribution is -2.33. The van der Waals surface area contributed by atoms with Crippen LogP contribution in [0.1, 0.15) is 27.5 Å². The summed E-state index contributed by atoms with van der Waals surface area (Å²) < 4.78 is 39.7. The number of benzene rings is 3. The van der Waals surface area contributed by atoms with E-state index >= 15 is 0 Å². The number of rotatable bonds is 7. The number of aliphatic carboxylic acids is 1. The van der Waals surface area contributed by atoms with Crippen molar-refractivity contribution in [1.82, 2.24) is 4.57 Å². The van der Waals surface area contributed by atoms with Gasteiger partial charge in [0.05, 0.1) is 5.56 Å². The lowest BCUT2D eigenvalue weighted by molar-refractivity contribution is -0.141. The first kappa shape index (κ1) is 27.5. The van der Waals surface area contributed by atoms with E-state index < -0.39 is 35.2 Å². The van der Waals surface area contributed by atoms with Crippen molar-refractivity contribution in [2.45, 2.75) is 18.6 Å². The number of nitrogens with one attached hydrogen (secondary N) is 1. The number of carbonyl (C=O) groups excluding carboxylic acids is 1. The monoisotopic (exact) mass is 556 g/mol. The molecule has 1 amide bonds. The van der Waals surface area contributed by atoms with Gasteiger partial charge in [0.2, 0.25) is 0 Å². The summed E-state index contributed by atoms with van der Waals surface area (Å²) in [6.07, 6.45) is -3.38. The van der Waals surface area contributed by atoms with Gasteiger partial charge in [-0.05, 0) is 65.7 Å². The molecule has 0 fully saturated rings. The Balaban J connectivity index is 1.78. The highest BCUT2D eigenvalue weighted by Gasteiger charge is 2.30. The lowest BCUT2D eigenvalue weighted by Gasteiger charge is -2.19. The quantitative estimate of drug-likeness (QED) is 0.258. The largest absolute Gasteiger partial charge is 0.508 e. The van der Waals surface area contributed by atoms with Crippen LogP contribution in [0, 0.1) is 0 Å². The number of carbonyl (C=O) groups is 2. The van der Waals surface area contributed by atoms with Crippen molar-refractivity contribution in [3.63, 3.8) is 0 Å². The maximum Gasteiger partial charge on any atom is 0.416 e. The summed E-state index contributed by atoms with van der Waals surface area (Å²) in [5.41, 5.74) is -0.938. The van der Waals surface area contributed by atoms with Crippen molar-refractivity contribution in [3.05, 3.63) is 117 Å². The molecule has 1 unspecified atom stereocenters. The van der Waals surface area contributed by atoms with Crippen LogP contribution in [0.25, 0.3) is 11.1 Å². The fourth-order valence-electron chi connectivity index (χ4n) is 3.92. The molecule has 0 bridgehead atoms. The van der Waals surface area contributed by atoms with Crippen molar-refractivity contribution in [2.24, 2.45) is 0 Å². The molecule has 0 aliphatic heterocycles. The molecule has 1 heterocycles. The number of halogens is 4. The summed E-state index contributed by atoms with van der Waals surface area (Å²) in [7, 11) is 0. The van der Waals surface area contributed by atoms with Crippen molar-refractivity contribution in [1.29, 1.82) is 0 Å². The zero-order chi connectivity index (χ0) is 28.3. The van der Waals surface area contributed by atoms with E-state index in [0.717, 1.165) is 28.8 Å². The fourth-order valence-corrected chi connectivity index (χ4v) is 4.05. The molecule has 11 heteroatoms. The second-order valence-corrected chi connectivity index (χ2v) is 9.06. The van der Waals surface area contributed by atoms with Gasteiger partial charge in [-0.15, -0.1) is 0 Å². The van der Waals surface area contributed by atoms with Gasteiger partial charge in [-0.25, -0.2) is 4.79 Å². The molecule has 7 nitrogen and oxygen atoms in total. The number of nitrogens with zero attached hydrogens (tertiary/aromatic N) is 1. The number of hydrogen-bond acceptors (Lipinski definition) is 4. The molecule has 4 aromatic rings. The maximum atomic E-state index is 13.4. The second kappa shape index (κ2) is 11.0. The third-order valence-electron chi connectivity index (χ3n) is 5.91. The molecule has 1 aromatic heterocycles. The molecule has 0 aliphatic rings. The van der Waals surface area contributed by atoms with Gasteiger partial charge in [0.25, 0.3) is 11.5 Å². The average Bonchev–Trinajstić information content (AvgIpc) is 2.89. The first-order valence-electron chi connectivity index (χ1n) is 11.4. The van der Waals surface area contributed by atoms with Crippen LogP contribution in [0.15, 0.2) is 89.9 Å². The van der Waals surface area contributed by atoms with E-state index in [1.54, 1.807) is 36.4 Å². The third kappa shape index (κ3) is 6.47. The Bertz CT molecular complexity index is 1580. The molecule has 200 valence electrons. The van der Waals surface area contributed by atoms with Crippen LogP contribution in [0.4, 0.5) is 18.9 Å². The van der Waals surface area contributed by atoms with Crippen LogP contribution in [-0.2, 0) is 17.4 Å². The molecule has 0 saturated heterocycles. The van der Waals surface area contributed by atoms with E-state index in [4.69, 9.17) is 11.6 Å². The van der Waals surface area contributed by atoms with Crippen LogP contribution < -0.4 is 10.9 Å². The molecule has 0 saturated carbocycles. The molecule has 0 radical (unpaired) electrons. The Labute approximate surface area is 224 Å². The summed E-state index contributed by atoms with van der Waals surface area (Å²) in [5.74, 6) is -2.28. The zero-order valence-corrected chi connectivity index (χ0v) is 20.7. The van der Waals surface area contributed by atoms with Gasteiger partial charge in [0, 0.05) is 28.8 Å². The van der Waals surface area contributed by atoms with Gasteiger partial charge in [-0.3, -0.25) is 14.2 Å².